The summed E-state index contributed by atoms with van der Waals surface area (Å²) in [5.74, 6) is 0. The minimum atomic E-state index is 0.218. The van der Waals surface area contributed by atoms with E-state index in [4.69, 9.17) is 4.99 Å². The second-order valence-electron chi connectivity index (χ2n) is 9.43. The van der Waals surface area contributed by atoms with Gasteiger partial charge < -0.3 is 0 Å². The zero-order chi connectivity index (χ0) is 28.7. The first kappa shape index (κ1) is 33.8. The molecule has 0 aromatic heterocycles. The van der Waals surface area contributed by atoms with Crippen LogP contribution in [-0.2, 0) is 26.1 Å². The fourth-order valence-corrected chi connectivity index (χ4v) is 6.99. The van der Waals surface area contributed by atoms with E-state index in [0.717, 1.165) is 44.1 Å². The van der Waals surface area contributed by atoms with E-state index in [1.807, 2.05) is 26.8 Å². The third-order valence-corrected chi connectivity index (χ3v) is 8.73. The number of hydrogen-bond donors (Lipinski definition) is 0. The van der Waals surface area contributed by atoms with Crippen molar-refractivity contribution in [2.45, 2.75) is 93.0 Å². The number of aliphatic imine (C=N–C) groups is 1. The first-order valence-corrected chi connectivity index (χ1v) is 17.0. The van der Waals surface area contributed by atoms with Gasteiger partial charge in [-0.2, -0.15) is 0 Å². The Bertz CT molecular complexity index is 1100. The number of benzene rings is 1. The molecule has 0 fully saturated rings. The van der Waals surface area contributed by atoms with Crippen molar-refractivity contribution >= 4 is 3.34 Å². The van der Waals surface area contributed by atoms with Crippen molar-refractivity contribution in [2.24, 2.45) is 4.99 Å². The average molecular weight is 698 g/mol. The molecule has 3 heteroatoms. The van der Waals surface area contributed by atoms with Gasteiger partial charge in [0.1, 0.15) is 0 Å². The quantitative estimate of drug-likeness (QED) is 0.185. The van der Waals surface area contributed by atoms with E-state index >= 15 is 0 Å². The number of rotatable bonds is 9. The summed E-state index contributed by atoms with van der Waals surface area (Å²) in [7, 11) is 0. The van der Waals surface area contributed by atoms with Gasteiger partial charge in [-0.05, 0) is 25.8 Å². The smallest absolute Gasteiger partial charge is 0.0683 e. The van der Waals surface area contributed by atoms with Gasteiger partial charge in [-0.25, -0.2) is 0 Å². The van der Waals surface area contributed by atoms with E-state index in [1.165, 1.54) is 42.6 Å². The summed E-state index contributed by atoms with van der Waals surface area (Å²) in [6.45, 7) is 26.9. The maximum atomic E-state index is 5.08. The molecule has 0 amide bonds. The average Bonchev–Trinajstić information content (AvgIpc) is 2.94. The molecule has 1 unspecified atom stereocenters. The number of allylic oxidation sites excluding steroid dienone is 9. The Kier molecular flexibility index (Phi) is 16.2. The Balaban J connectivity index is 0.000000510. The summed E-state index contributed by atoms with van der Waals surface area (Å²) in [4.78, 5) is 7.53. The third kappa shape index (κ3) is 9.22. The summed E-state index contributed by atoms with van der Waals surface area (Å²) in [5.41, 5.74) is 10.3. The normalized spacial score (nSPS) is 16.2. The molecule has 0 bridgehead atoms. The van der Waals surface area contributed by atoms with E-state index in [2.05, 4.69) is 101 Å². The number of hydrogen-bond acceptors (Lipinski definition) is 2. The Morgan fingerprint density at radius 3 is 2.24 bits per heavy atom. The first-order chi connectivity index (χ1) is 18.3. The zero-order valence-electron chi connectivity index (χ0n) is 25.2. The molecule has 38 heavy (non-hydrogen) atoms. The van der Waals surface area contributed by atoms with Crippen molar-refractivity contribution in [1.82, 2.24) is 4.90 Å². The molecule has 0 saturated heterocycles. The van der Waals surface area contributed by atoms with Crippen molar-refractivity contribution in [1.29, 1.82) is 0 Å². The fourth-order valence-electron chi connectivity index (χ4n) is 4.80. The largest absolute Gasteiger partial charge is 0.0683 e. The summed E-state index contributed by atoms with van der Waals surface area (Å²) < 4.78 is 1.25. The van der Waals surface area contributed by atoms with Crippen LogP contribution in [0.1, 0.15) is 98.6 Å². The SMILES string of the molecule is C=C/C(C(=C)C)=C(/C)CC.C=C1C(CCC)=C(CC)N=[C]([Hg])N1C(C1=CC=CCC1)c1ccccc1.CC. The second-order valence-corrected chi connectivity index (χ2v) is 11.9. The molecule has 1 heterocycles. The van der Waals surface area contributed by atoms with Crippen molar-refractivity contribution in [3.63, 3.8) is 0 Å². The molecule has 0 saturated carbocycles. The van der Waals surface area contributed by atoms with Crippen molar-refractivity contribution < 1.29 is 26.1 Å². The Morgan fingerprint density at radius 2 is 1.79 bits per heavy atom. The topological polar surface area (TPSA) is 15.6 Å². The van der Waals surface area contributed by atoms with Crippen LogP contribution >= 0.6 is 0 Å². The molecule has 2 aliphatic rings. The van der Waals surface area contributed by atoms with E-state index in [-0.39, 0.29) is 6.04 Å². The van der Waals surface area contributed by atoms with Crippen LogP contribution in [0.4, 0.5) is 0 Å². The molecule has 1 aromatic rings. The Labute approximate surface area is 250 Å². The second kappa shape index (κ2) is 18.2. The summed E-state index contributed by atoms with van der Waals surface area (Å²) in [6.07, 6.45) is 15.1. The molecular weight excluding hydrogens is 649 g/mol. The molecule has 0 radical (unpaired) electrons. The van der Waals surface area contributed by atoms with Crippen molar-refractivity contribution in [3.05, 3.63) is 119 Å². The number of amidine groups is 1. The van der Waals surface area contributed by atoms with E-state index in [9.17, 15) is 0 Å². The Hall–Kier alpha value is -2.19. The van der Waals surface area contributed by atoms with Crippen LogP contribution in [0.25, 0.3) is 0 Å². The number of nitrogens with zero attached hydrogens (tertiary/aromatic N) is 2. The maximum absolute atomic E-state index is 5.08. The van der Waals surface area contributed by atoms with Gasteiger partial charge in [0, 0.05) is 0 Å². The van der Waals surface area contributed by atoms with Crippen LogP contribution < -0.4 is 0 Å². The van der Waals surface area contributed by atoms with Gasteiger partial charge in [-0.15, -0.1) is 0 Å². The van der Waals surface area contributed by atoms with Crippen LogP contribution in [0.2, 0.25) is 0 Å². The van der Waals surface area contributed by atoms with E-state index in [1.54, 1.807) is 0 Å². The molecule has 1 aliphatic carbocycles. The summed E-state index contributed by atoms with van der Waals surface area (Å²) in [6, 6.07) is 11.1. The van der Waals surface area contributed by atoms with Gasteiger partial charge >= 0.3 is 175 Å². The molecule has 0 spiro atoms. The fraction of sp³-hybridized carbons (Fsp3) is 0.400. The minimum absolute atomic E-state index is 0.218. The van der Waals surface area contributed by atoms with Crippen molar-refractivity contribution in [3.8, 4) is 0 Å². The van der Waals surface area contributed by atoms with E-state index < -0.39 is 0 Å². The van der Waals surface area contributed by atoms with Gasteiger partial charge in [0.2, 0.25) is 0 Å². The summed E-state index contributed by atoms with van der Waals surface area (Å²) >= 11 is 0.432. The Morgan fingerprint density at radius 1 is 1.13 bits per heavy atom. The third-order valence-electron chi connectivity index (χ3n) is 6.79. The van der Waals surface area contributed by atoms with Gasteiger partial charge in [-0.3, -0.25) is 0 Å². The maximum Gasteiger partial charge on any atom is -0.0683 e. The molecule has 0 N–H and O–H groups in total. The van der Waals surface area contributed by atoms with Crippen LogP contribution in [-0.4, -0.2) is 8.24 Å². The standard InChI is InChI=1S/C23H27N2.C10H16.C2H6.Hg/c1-4-12-21-18(3)25(17-24-22(21)5-2)23(19-13-8-6-9-14-19)20-15-10-7-11-16-20;1-6-9(5)10(7-2)8(3)4;1-2;/h6-10,13-15,23H,3-5,11-12,16H2,1-2H3;7H,2-3,6H2,1,4-5H3;1-2H3;/b;10-9+;;. The van der Waals surface area contributed by atoms with Crippen molar-refractivity contribution in [2.75, 3.05) is 0 Å². The van der Waals surface area contributed by atoms with Gasteiger partial charge in [0.15, 0.2) is 0 Å². The molecule has 1 atom stereocenters. The molecule has 3 rings (SSSR count). The van der Waals surface area contributed by atoms with E-state index in [0.29, 0.717) is 26.1 Å². The predicted octanol–water partition coefficient (Wildman–Crippen LogP) is 10.7. The van der Waals surface area contributed by atoms with Gasteiger partial charge in [-0.1, -0.05) is 51.2 Å². The molecule has 201 valence electrons. The van der Waals surface area contributed by atoms with Crippen LogP contribution in [0.15, 0.2) is 119 Å². The zero-order valence-corrected chi connectivity index (χ0v) is 30.7. The monoisotopic (exact) mass is 699 g/mol. The van der Waals surface area contributed by atoms with Gasteiger partial charge in [0.25, 0.3) is 0 Å². The first-order valence-electron chi connectivity index (χ1n) is 14.3. The van der Waals surface area contributed by atoms with Crippen LogP contribution in [0.5, 0.6) is 0 Å². The van der Waals surface area contributed by atoms with Gasteiger partial charge in [0.05, 0.1) is 0 Å². The van der Waals surface area contributed by atoms with Crippen LogP contribution in [0.3, 0.4) is 0 Å². The van der Waals surface area contributed by atoms with Crippen LogP contribution in [0, 0.1) is 0 Å². The summed E-state index contributed by atoms with van der Waals surface area (Å²) in [5, 5.41) is 0. The molecular formula is C35H49HgN2. The molecule has 1 aromatic carbocycles. The molecule has 1 aliphatic heterocycles. The minimum Gasteiger partial charge on any atom is -0.0683 e. The molecule has 2 nitrogen and oxygen atoms in total. The predicted molar refractivity (Wildman–Crippen MR) is 166 cm³/mol.